The molecule has 1 N–H and O–H groups in total. The zero-order chi connectivity index (χ0) is 27.7. The average Bonchev–Trinajstić information content (AvgIpc) is 2.85. The van der Waals surface area contributed by atoms with Gasteiger partial charge in [0, 0.05) is 45.8 Å². The number of hydrogen-bond donors (Lipinski definition) is 1. The molecule has 1 aromatic carbocycles. The summed E-state index contributed by atoms with van der Waals surface area (Å²) in [5.74, 6) is 0.601. The maximum absolute atomic E-state index is 14.8. The number of nitrogens with zero attached hydrogens (tertiary/aromatic N) is 3. The second kappa shape index (κ2) is 13.5. The first-order valence-corrected chi connectivity index (χ1v) is 15.0. The highest BCUT2D eigenvalue weighted by molar-refractivity contribution is 7.92. The van der Waals surface area contributed by atoms with Crippen molar-refractivity contribution in [1.82, 2.24) is 9.97 Å². The van der Waals surface area contributed by atoms with Crippen molar-refractivity contribution in [1.29, 1.82) is 0 Å². The van der Waals surface area contributed by atoms with Crippen molar-refractivity contribution in [2.75, 3.05) is 24.7 Å². The van der Waals surface area contributed by atoms with Crippen molar-refractivity contribution in [2.24, 2.45) is 4.36 Å². The van der Waals surface area contributed by atoms with Crippen LogP contribution in [0, 0.1) is 11.6 Å². The van der Waals surface area contributed by atoms with Crippen molar-refractivity contribution in [3.05, 3.63) is 59.8 Å². The zero-order valence-corrected chi connectivity index (χ0v) is 23.4. The van der Waals surface area contributed by atoms with Gasteiger partial charge in [-0.05, 0) is 62.9 Å². The molecule has 0 radical (unpaired) electrons. The predicted octanol–water partition coefficient (Wildman–Crippen LogP) is 7.14. The summed E-state index contributed by atoms with van der Waals surface area (Å²) < 4.78 is 57.8. The summed E-state index contributed by atoms with van der Waals surface area (Å²) in [6, 6.07) is 9.08. The predicted molar refractivity (Wildman–Crippen MR) is 149 cm³/mol. The molecular formula is C28H36F2N4O3S. The number of halogens is 2. The van der Waals surface area contributed by atoms with Crippen LogP contribution in [0.15, 0.2) is 47.0 Å². The van der Waals surface area contributed by atoms with Crippen molar-refractivity contribution in [3.63, 3.8) is 0 Å². The molecule has 10 heteroatoms. The van der Waals surface area contributed by atoms with Gasteiger partial charge in [0.25, 0.3) is 0 Å². The number of hydrogen-bond acceptors (Lipinski definition) is 7. The van der Waals surface area contributed by atoms with E-state index in [4.69, 9.17) is 9.47 Å². The molecule has 0 spiro atoms. The number of nitrogens with one attached hydrogen (secondary N) is 1. The van der Waals surface area contributed by atoms with Crippen molar-refractivity contribution in [3.8, 4) is 22.8 Å². The summed E-state index contributed by atoms with van der Waals surface area (Å²) in [7, 11) is -2.43. The number of rotatable bonds is 3. The van der Waals surface area contributed by atoms with E-state index >= 15 is 0 Å². The molecule has 3 aromatic rings. The molecule has 2 aromatic heterocycles. The van der Waals surface area contributed by atoms with E-state index in [1.165, 1.54) is 24.3 Å². The fraction of sp³-hybridized carbons (Fsp3) is 0.429. The lowest BCUT2D eigenvalue weighted by Gasteiger charge is -2.18. The van der Waals surface area contributed by atoms with Crippen LogP contribution >= 0.6 is 0 Å². The van der Waals surface area contributed by atoms with Crippen LogP contribution in [0.25, 0.3) is 11.1 Å². The molecule has 4 bridgehead atoms. The van der Waals surface area contributed by atoms with Gasteiger partial charge in [-0.3, -0.25) is 0 Å². The van der Waals surface area contributed by atoms with Gasteiger partial charge in [-0.15, -0.1) is 0 Å². The number of aromatic nitrogens is 2. The van der Waals surface area contributed by atoms with E-state index < -0.39 is 21.4 Å². The molecule has 38 heavy (non-hydrogen) atoms. The summed E-state index contributed by atoms with van der Waals surface area (Å²) in [4.78, 5) is 8.70. The monoisotopic (exact) mass is 546 g/mol. The SMILES string of the molecule is CC.CCN=S(C)(=O)Cc1cc2nc(c1)OC(C)CCCCOc1cc(F)ccc1-c1cc(ncc1F)N2. The lowest BCUT2D eigenvalue weighted by molar-refractivity contribution is 0.194. The van der Waals surface area contributed by atoms with E-state index in [-0.39, 0.29) is 23.2 Å². The minimum absolute atomic E-state index is 0.125. The number of anilines is 2. The van der Waals surface area contributed by atoms with Crippen LogP contribution < -0.4 is 14.8 Å². The summed E-state index contributed by atoms with van der Waals surface area (Å²) in [5.41, 5.74) is 1.39. The van der Waals surface area contributed by atoms with Gasteiger partial charge in [0.2, 0.25) is 5.88 Å². The Labute approximate surface area is 224 Å². The molecule has 0 aliphatic carbocycles. The van der Waals surface area contributed by atoms with Gasteiger partial charge in [-0.2, -0.15) is 4.98 Å². The average molecular weight is 547 g/mol. The van der Waals surface area contributed by atoms with Crippen LogP contribution in [0.3, 0.4) is 0 Å². The van der Waals surface area contributed by atoms with Crippen LogP contribution in [0.1, 0.15) is 52.5 Å². The smallest absolute Gasteiger partial charge is 0.215 e. The summed E-state index contributed by atoms with van der Waals surface area (Å²) >= 11 is 0. The molecule has 3 heterocycles. The third-order valence-corrected chi connectivity index (χ3v) is 7.30. The molecule has 4 rings (SSSR count). The Morgan fingerprint density at radius 1 is 1.11 bits per heavy atom. The molecule has 1 aliphatic rings. The fourth-order valence-corrected chi connectivity index (χ4v) is 5.48. The molecule has 7 nitrogen and oxygen atoms in total. The van der Waals surface area contributed by atoms with E-state index in [1.54, 1.807) is 18.4 Å². The lowest BCUT2D eigenvalue weighted by atomic mass is 10.0. The van der Waals surface area contributed by atoms with Gasteiger partial charge in [0.1, 0.15) is 29.0 Å². The topological polar surface area (TPSA) is 85.7 Å². The van der Waals surface area contributed by atoms with Crippen molar-refractivity contribution in [2.45, 2.75) is 58.8 Å². The minimum Gasteiger partial charge on any atom is -0.493 e. The normalized spacial score (nSPS) is 16.8. The van der Waals surface area contributed by atoms with Gasteiger partial charge in [0.05, 0.1) is 24.7 Å². The van der Waals surface area contributed by atoms with E-state index in [9.17, 15) is 13.0 Å². The van der Waals surface area contributed by atoms with E-state index in [0.717, 1.165) is 24.6 Å². The molecule has 2 atom stereocenters. The van der Waals surface area contributed by atoms with Gasteiger partial charge in [0.15, 0.2) is 0 Å². The maximum atomic E-state index is 14.8. The second-order valence-corrected chi connectivity index (χ2v) is 11.3. The molecule has 0 saturated carbocycles. The Kier molecular flexibility index (Phi) is 10.4. The lowest BCUT2D eigenvalue weighted by Crippen LogP contribution is -2.14. The van der Waals surface area contributed by atoms with Gasteiger partial charge in [-0.25, -0.2) is 22.3 Å². The van der Waals surface area contributed by atoms with Crippen LogP contribution in [-0.4, -0.2) is 39.7 Å². The van der Waals surface area contributed by atoms with Crippen LogP contribution in [0.5, 0.6) is 11.6 Å². The highest BCUT2D eigenvalue weighted by Gasteiger charge is 2.17. The van der Waals surface area contributed by atoms with Crippen LogP contribution in [-0.2, 0) is 15.5 Å². The van der Waals surface area contributed by atoms with E-state index in [0.29, 0.717) is 42.7 Å². The van der Waals surface area contributed by atoms with Crippen molar-refractivity contribution < 1.29 is 22.5 Å². The third kappa shape index (κ3) is 8.11. The zero-order valence-electron chi connectivity index (χ0n) is 22.6. The molecule has 0 fully saturated rings. The Hall–Kier alpha value is -3.27. The summed E-state index contributed by atoms with van der Waals surface area (Å²) in [6.45, 7) is 8.62. The minimum atomic E-state index is -2.43. The number of benzene rings is 1. The van der Waals surface area contributed by atoms with Gasteiger partial charge < -0.3 is 14.8 Å². The molecule has 1 aliphatic heterocycles. The van der Waals surface area contributed by atoms with Crippen LogP contribution in [0.2, 0.25) is 0 Å². The third-order valence-electron chi connectivity index (χ3n) is 5.63. The largest absolute Gasteiger partial charge is 0.493 e. The number of pyridine rings is 2. The first kappa shape index (κ1) is 29.3. The van der Waals surface area contributed by atoms with E-state index in [1.807, 2.05) is 27.7 Å². The molecule has 0 amide bonds. The van der Waals surface area contributed by atoms with E-state index in [2.05, 4.69) is 19.6 Å². The van der Waals surface area contributed by atoms with Crippen LogP contribution in [0.4, 0.5) is 20.4 Å². The highest BCUT2D eigenvalue weighted by Crippen LogP contribution is 2.34. The Morgan fingerprint density at radius 3 is 2.66 bits per heavy atom. The van der Waals surface area contributed by atoms with Crippen molar-refractivity contribution >= 4 is 21.4 Å². The molecular weight excluding hydrogens is 510 g/mol. The molecule has 206 valence electrons. The first-order valence-electron chi connectivity index (χ1n) is 12.9. The van der Waals surface area contributed by atoms with Gasteiger partial charge >= 0.3 is 0 Å². The fourth-order valence-electron chi connectivity index (χ4n) is 4.06. The Balaban J connectivity index is 0.00000195. The first-order chi connectivity index (χ1) is 18.2. The summed E-state index contributed by atoms with van der Waals surface area (Å²) in [5, 5.41) is 3.10. The maximum Gasteiger partial charge on any atom is 0.215 e. The Morgan fingerprint density at radius 2 is 1.89 bits per heavy atom. The second-order valence-electron chi connectivity index (χ2n) is 8.84. The molecule has 2 unspecified atom stereocenters. The quantitative estimate of drug-likeness (QED) is 0.376. The summed E-state index contributed by atoms with van der Waals surface area (Å²) in [6.07, 6.45) is 4.87. The number of fused-ring (bicyclic) bond motifs is 6. The highest BCUT2D eigenvalue weighted by atomic mass is 32.2. The standard InChI is InChI=1S/C26H30F2N4O3S.C2H6/c1-4-30-36(3,33)16-18-11-25-31-24-14-21(22(28)15-29-24)20-9-8-19(27)13-23(20)34-10-6-5-7-17(2)35-26(12-18)32-25;1-2/h8-9,11-15,17H,4-7,10,16H2,1-3H3,(H,29,31,32);1-2H3. The Bertz CT molecular complexity index is 1360. The van der Waals surface area contributed by atoms with Gasteiger partial charge in [-0.1, -0.05) is 13.8 Å². The molecule has 0 saturated heterocycles. The number of ether oxygens (including phenoxy) is 2.